The first-order chi connectivity index (χ1) is 14.5. The van der Waals surface area contributed by atoms with E-state index in [-0.39, 0.29) is 0 Å². The Morgan fingerprint density at radius 1 is 1.13 bits per heavy atom. The van der Waals surface area contributed by atoms with Crippen LogP contribution in [-0.4, -0.2) is 37.2 Å². The van der Waals surface area contributed by atoms with Crippen molar-refractivity contribution in [2.75, 3.05) is 24.4 Å². The lowest BCUT2D eigenvalue weighted by Gasteiger charge is -2.16. The highest BCUT2D eigenvalue weighted by Crippen LogP contribution is 2.22. The Morgan fingerprint density at radius 2 is 1.87 bits per heavy atom. The number of rotatable bonds is 7. The van der Waals surface area contributed by atoms with Crippen LogP contribution in [-0.2, 0) is 9.53 Å². The lowest BCUT2D eigenvalue weighted by atomic mass is 10.1. The Hall–Kier alpha value is -3.26. The molecule has 2 aromatic carbocycles. The van der Waals surface area contributed by atoms with Gasteiger partial charge in [0.15, 0.2) is 0 Å². The summed E-state index contributed by atoms with van der Waals surface area (Å²) < 4.78 is 10.1. The molecule has 0 radical (unpaired) electrons. The van der Waals surface area contributed by atoms with E-state index in [1.807, 2.05) is 24.5 Å². The van der Waals surface area contributed by atoms with Gasteiger partial charge in [-0.3, -0.25) is 0 Å². The highest BCUT2D eigenvalue weighted by atomic mass is 32.2. The third-order valence-corrected chi connectivity index (χ3v) is 5.14. The van der Waals surface area contributed by atoms with E-state index in [4.69, 9.17) is 9.15 Å². The van der Waals surface area contributed by atoms with Crippen LogP contribution < -0.4 is 16.3 Å². The molecule has 0 aliphatic carbocycles. The summed E-state index contributed by atoms with van der Waals surface area (Å²) in [5, 5.41) is 6.13. The second-order valence-electron chi connectivity index (χ2n) is 6.52. The molecule has 8 heteroatoms. The average Bonchev–Trinajstić information content (AvgIpc) is 2.76. The average molecular weight is 426 g/mol. The summed E-state index contributed by atoms with van der Waals surface area (Å²) in [7, 11) is 1.29. The van der Waals surface area contributed by atoms with Gasteiger partial charge in [-0.1, -0.05) is 30.3 Å². The molecule has 30 heavy (non-hydrogen) atoms. The number of fused-ring (bicyclic) bond motifs is 1. The number of thioether (sulfide) groups is 1. The predicted octanol–water partition coefficient (Wildman–Crippen LogP) is 3.88. The monoisotopic (exact) mass is 426 g/mol. The molecule has 0 saturated heterocycles. The largest absolute Gasteiger partial charge is 0.467 e. The van der Waals surface area contributed by atoms with E-state index in [2.05, 4.69) is 10.6 Å². The number of anilines is 1. The van der Waals surface area contributed by atoms with Crippen LogP contribution >= 0.6 is 11.8 Å². The molecule has 3 aromatic rings. The van der Waals surface area contributed by atoms with E-state index in [1.165, 1.54) is 7.11 Å². The van der Waals surface area contributed by atoms with Gasteiger partial charge in [-0.15, -0.1) is 0 Å². The quantitative estimate of drug-likeness (QED) is 0.440. The summed E-state index contributed by atoms with van der Waals surface area (Å²) in [6.07, 6.45) is 2.39. The number of urea groups is 1. The Bertz CT molecular complexity index is 1090. The van der Waals surface area contributed by atoms with Gasteiger partial charge in [0.1, 0.15) is 11.6 Å². The molecule has 7 nitrogen and oxygen atoms in total. The molecule has 0 aliphatic rings. The van der Waals surface area contributed by atoms with Crippen molar-refractivity contribution in [3.8, 4) is 11.1 Å². The molecule has 0 fully saturated rings. The van der Waals surface area contributed by atoms with Crippen LogP contribution in [0.3, 0.4) is 0 Å². The van der Waals surface area contributed by atoms with Crippen molar-refractivity contribution >= 4 is 40.4 Å². The SMILES string of the molecule is COC(=O)[C@H](CCSC)NC(=O)Nc1ccc(-c2cc3ccccc3oc2=O)cc1. The molecule has 0 unspecified atom stereocenters. The maximum absolute atomic E-state index is 12.3. The van der Waals surface area contributed by atoms with Gasteiger partial charge in [-0.25, -0.2) is 14.4 Å². The minimum Gasteiger partial charge on any atom is -0.467 e. The molecule has 2 N–H and O–H groups in total. The number of methoxy groups -OCH3 is 1. The third-order valence-electron chi connectivity index (χ3n) is 4.50. The van der Waals surface area contributed by atoms with Crippen LogP contribution in [0.25, 0.3) is 22.1 Å². The molecule has 2 amide bonds. The summed E-state index contributed by atoms with van der Waals surface area (Å²) in [4.78, 5) is 36.4. The van der Waals surface area contributed by atoms with E-state index in [0.717, 1.165) is 5.39 Å². The van der Waals surface area contributed by atoms with Crippen molar-refractivity contribution < 1.29 is 18.7 Å². The van der Waals surface area contributed by atoms with Gasteiger partial charge >= 0.3 is 17.6 Å². The topological polar surface area (TPSA) is 97.6 Å². The van der Waals surface area contributed by atoms with E-state index >= 15 is 0 Å². The van der Waals surface area contributed by atoms with E-state index < -0.39 is 23.7 Å². The number of hydrogen-bond acceptors (Lipinski definition) is 6. The van der Waals surface area contributed by atoms with Crippen LogP contribution in [0.5, 0.6) is 0 Å². The number of ether oxygens (including phenoxy) is 1. The van der Waals surface area contributed by atoms with Gasteiger partial charge < -0.3 is 19.8 Å². The molecule has 1 aromatic heterocycles. The van der Waals surface area contributed by atoms with Gasteiger partial charge in [-0.2, -0.15) is 11.8 Å². The Morgan fingerprint density at radius 3 is 2.57 bits per heavy atom. The zero-order valence-electron chi connectivity index (χ0n) is 16.6. The second-order valence-corrected chi connectivity index (χ2v) is 7.50. The van der Waals surface area contributed by atoms with Gasteiger partial charge in [0, 0.05) is 11.1 Å². The molecular formula is C22H22N2O5S. The van der Waals surface area contributed by atoms with E-state index in [1.54, 1.807) is 48.2 Å². The van der Waals surface area contributed by atoms with Crippen molar-refractivity contribution in [3.05, 3.63) is 65.0 Å². The van der Waals surface area contributed by atoms with Crippen molar-refractivity contribution in [2.24, 2.45) is 0 Å². The smallest absolute Gasteiger partial charge is 0.344 e. The lowest BCUT2D eigenvalue weighted by molar-refractivity contribution is -0.142. The van der Waals surface area contributed by atoms with Gasteiger partial charge in [0.05, 0.1) is 12.7 Å². The summed E-state index contributed by atoms with van der Waals surface area (Å²) in [6, 6.07) is 14.7. The highest BCUT2D eigenvalue weighted by Gasteiger charge is 2.21. The van der Waals surface area contributed by atoms with E-state index in [0.29, 0.717) is 34.6 Å². The predicted molar refractivity (Wildman–Crippen MR) is 119 cm³/mol. The minimum absolute atomic E-state index is 0.429. The van der Waals surface area contributed by atoms with E-state index in [9.17, 15) is 14.4 Å². The van der Waals surface area contributed by atoms with Crippen molar-refractivity contribution in [2.45, 2.75) is 12.5 Å². The third kappa shape index (κ3) is 5.21. The Balaban J connectivity index is 1.71. The normalized spacial score (nSPS) is 11.7. The zero-order valence-corrected chi connectivity index (χ0v) is 17.5. The number of amides is 2. The number of carbonyl (C=O) groups is 2. The fourth-order valence-electron chi connectivity index (χ4n) is 2.95. The fourth-order valence-corrected chi connectivity index (χ4v) is 3.42. The first-order valence-electron chi connectivity index (χ1n) is 9.29. The fraction of sp³-hybridized carbons (Fsp3) is 0.227. The summed E-state index contributed by atoms with van der Waals surface area (Å²) in [5.41, 5.74) is 1.74. The van der Waals surface area contributed by atoms with Crippen LogP contribution in [0.2, 0.25) is 0 Å². The lowest BCUT2D eigenvalue weighted by Crippen LogP contribution is -2.44. The minimum atomic E-state index is -0.719. The number of nitrogens with one attached hydrogen (secondary N) is 2. The van der Waals surface area contributed by atoms with Crippen LogP contribution in [0.4, 0.5) is 10.5 Å². The van der Waals surface area contributed by atoms with Crippen molar-refractivity contribution in [1.82, 2.24) is 5.32 Å². The number of para-hydroxylation sites is 1. The van der Waals surface area contributed by atoms with Crippen LogP contribution in [0, 0.1) is 0 Å². The summed E-state index contributed by atoms with van der Waals surface area (Å²) in [5.74, 6) is 0.223. The van der Waals surface area contributed by atoms with Gasteiger partial charge in [0.25, 0.3) is 0 Å². The molecule has 1 heterocycles. The number of carbonyl (C=O) groups excluding carboxylic acids is 2. The Kier molecular flexibility index (Phi) is 7.13. The zero-order chi connectivity index (χ0) is 21.5. The standard InChI is InChI=1S/C22H22N2O5S/c1-28-21(26)18(11-12-30-2)24-22(27)23-16-9-7-14(8-10-16)17-13-15-5-3-4-6-19(15)29-20(17)25/h3-10,13,18H,11-12H2,1-2H3,(H2,23,24,27)/t18-/m0/s1. The number of hydrogen-bond donors (Lipinski definition) is 2. The van der Waals surface area contributed by atoms with Crippen molar-refractivity contribution in [1.29, 1.82) is 0 Å². The first kappa shape index (κ1) is 21.4. The van der Waals surface area contributed by atoms with Gasteiger partial charge in [0.2, 0.25) is 0 Å². The number of esters is 1. The second kappa shape index (κ2) is 9.98. The molecular weight excluding hydrogens is 404 g/mol. The molecule has 0 aliphatic heterocycles. The molecule has 0 saturated carbocycles. The highest BCUT2D eigenvalue weighted by molar-refractivity contribution is 7.98. The molecule has 156 valence electrons. The summed E-state index contributed by atoms with van der Waals surface area (Å²) in [6.45, 7) is 0. The maximum Gasteiger partial charge on any atom is 0.344 e. The molecule has 3 rings (SSSR count). The van der Waals surface area contributed by atoms with Gasteiger partial charge in [-0.05, 0) is 48.3 Å². The maximum atomic E-state index is 12.3. The molecule has 1 atom stereocenters. The summed E-state index contributed by atoms with van der Waals surface area (Å²) >= 11 is 1.58. The van der Waals surface area contributed by atoms with Crippen LogP contribution in [0.1, 0.15) is 6.42 Å². The number of benzene rings is 2. The molecule has 0 bridgehead atoms. The Labute approximate surface area is 177 Å². The first-order valence-corrected chi connectivity index (χ1v) is 10.7. The van der Waals surface area contributed by atoms with Crippen molar-refractivity contribution in [3.63, 3.8) is 0 Å². The molecule has 0 spiro atoms. The van der Waals surface area contributed by atoms with Crippen LogP contribution in [0.15, 0.2) is 63.8 Å².